The first-order chi connectivity index (χ1) is 26.6. The maximum Gasteiger partial charge on any atom is 0.264 e. The number of aryl methyl sites for hydroxylation is 1. The lowest BCUT2D eigenvalue weighted by molar-refractivity contribution is 0.0981. The molecule has 1 aliphatic carbocycles. The molecule has 1 unspecified atom stereocenters. The summed E-state index contributed by atoms with van der Waals surface area (Å²) in [7, 11) is 0.0381. The molecule has 0 saturated carbocycles. The van der Waals surface area contributed by atoms with E-state index in [0.29, 0.717) is 17.9 Å². The van der Waals surface area contributed by atoms with E-state index in [0.717, 1.165) is 66.2 Å². The molecule has 0 aromatic heterocycles. The molecule has 5 aromatic carbocycles. The summed E-state index contributed by atoms with van der Waals surface area (Å²) in [6.07, 6.45) is 7.88. The smallest absolute Gasteiger partial charge is 0.264 e. The lowest BCUT2D eigenvalue weighted by Gasteiger charge is -2.23. The second-order valence-corrected chi connectivity index (χ2v) is 17.7. The molecular formula is C46H50ClN3O3S2. The van der Waals surface area contributed by atoms with Gasteiger partial charge in [0.2, 0.25) is 0 Å². The molecule has 0 bridgehead atoms. The largest absolute Gasteiger partial charge is 0.381 e. The SMILES string of the molecule is CCc1cc(S(=O)(=O)NC(=O)c2ccc(C3=CCC(Cc4ccccc4-c4ccc(Cl)cc4)CC3)cc2)ccc1N[C@H](CCN(C)C)CSc1ccccc1. The highest BCUT2D eigenvalue weighted by Crippen LogP contribution is 2.35. The molecule has 6 nitrogen and oxygen atoms in total. The highest BCUT2D eigenvalue weighted by atomic mass is 35.5. The lowest BCUT2D eigenvalue weighted by Crippen LogP contribution is -2.31. The van der Waals surface area contributed by atoms with E-state index in [1.54, 1.807) is 36.0 Å². The highest BCUT2D eigenvalue weighted by Gasteiger charge is 2.22. The Hall–Kier alpha value is -4.34. The molecule has 2 N–H and O–H groups in total. The van der Waals surface area contributed by atoms with Crippen molar-refractivity contribution in [2.45, 2.75) is 61.3 Å². The number of benzene rings is 5. The standard InChI is InChI=1S/C46H50ClN3O3S2/c1-4-34-31-43(26-27-45(34)48-41(28-29-50(2)3)32-54-42-11-6-5-7-12-42)55(52,53)49-46(51)38-20-18-36(19-21-38)35-16-14-33(15-17-35)30-39-10-8-9-13-44(39)37-22-24-40(47)25-23-37/h5-13,16,18-27,31,33,41,48H,4,14-15,17,28-30,32H2,1-3H3,(H,49,51)/t33?,41-/m1/s1. The fraction of sp³-hybridized carbons (Fsp3) is 0.283. The van der Waals surface area contributed by atoms with Gasteiger partial charge in [-0.15, -0.1) is 11.8 Å². The summed E-state index contributed by atoms with van der Waals surface area (Å²) >= 11 is 7.94. The Kier molecular flexibility index (Phi) is 13.9. The van der Waals surface area contributed by atoms with Gasteiger partial charge in [0.05, 0.1) is 4.90 Å². The van der Waals surface area contributed by atoms with Gasteiger partial charge in [-0.25, -0.2) is 13.1 Å². The van der Waals surface area contributed by atoms with Crippen LogP contribution in [-0.4, -0.2) is 51.7 Å². The van der Waals surface area contributed by atoms with E-state index >= 15 is 0 Å². The first kappa shape index (κ1) is 40.3. The van der Waals surface area contributed by atoms with Gasteiger partial charge in [0, 0.05) is 33.0 Å². The van der Waals surface area contributed by atoms with Gasteiger partial charge in [0.15, 0.2) is 0 Å². The van der Waals surface area contributed by atoms with Crippen LogP contribution in [-0.2, 0) is 22.9 Å². The molecule has 0 heterocycles. The van der Waals surface area contributed by atoms with Crippen molar-refractivity contribution in [2.24, 2.45) is 5.92 Å². The normalized spacial score (nSPS) is 15.0. The van der Waals surface area contributed by atoms with Gasteiger partial charge in [-0.1, -0.05) is 91.3 Å². The van der Waals surface area contributed by atoms with E-state index in [9.17, 15) is 13.2 Å². The molecule has 6 rings (SSSR count). The number of carbonyl (C=O) groups is 1. The number of carbonyl (C=O) groups excluding carboxylic acids is 1. The van der Waals surface area contributed by atoms with Gasteiger partial charge in [0.25, 0.3) is 15.9 Å². The summed E-state index contributed by atoms with van der Waals surface area (Å²) in [6.45, 7) is 2.93. The third kappa shape index (κ3) is 11.1. The topological polar surface area (TPSA) is 78.5 Å². The van der Waals surface area contributed by atoms with Gasteiger partial charge < -0.3 is 10.2 Å². The number of rotatable bonds is 16. The molecule has 0 radical (unpaired) electrons. The van der Waals surface area contributed by atoms with E-state index in [4.69, 9.17) is 11.6 Å². The van der Waals surface area contributed by atoms with Crippen LogP contribution in [0, 0.1) is 5.92 Å². The van der Waals surface area contributed by atoms with E-state index in [1.165, 1.54) is 27.2 Å². The van der Waals surface area contributed by atoms with Gasteiger partial charge in [-0.2, -0.15) is 0 Å². The average molecular weight is 793 g/mol. The first-order valence-corrected chi connectivity index (χ1v) is 21.8. The minimum Gasteiger partial charge on any atom is -0.381 e. The van der Waals surface area contributed by atoms with Gasteiger partial charge >= 0.3 is 0 Å². The van der Waals surface area contributed by atoms with Crippen molar-refractivity contribution in [3.8, 4) is 11.1 Å². The molecule has 286 valence electrons. The molecule has 55 heavy (non-hydrogen) atoms. The van der Waals surface area contributed by atoms with Crippen molar-refractivity contribution in [2.75, 3.05) is 31.7 Å². The predicted molar refractivity (Wildman–Crippen MR) is 231 cm³/mol. The summed E-state index contributed by atoms with van der Waals surface area (Å²) in [4.78, 5) is 16.7. The number of allylic oxidation sites excluding steroid dienone is 2. The first-order valence-electron chi connectivity index (χ1n) is 19.0. The predicted octanol–water partition coefficient (Wildman–Crippen LogP) is 10.6. The van der Waals surface area contributed by atoms with E-state index in [1.807, 2.05) is 55.5 Å². The highest BCUT2D eigenvalue weighted by molar-refractivity contribution is 7.99. The Balaban J connectivity index is 1.06. The van der Waals surface area contributed by atoms with Crippen molar-refractivity contribution in [3.63, 3.8) is 0 Å². The summed E-state index contributed by atoms with van der Waals surface area (Å²) in [6, 6.07) is 39.5. The maximum atomic E-state index is 13.5. The summed E-state index contributed by atoms with van der Waals surface area (Å²) in [5, 5.41) is 4.42. The molecule has 0 fully saturated rings. The zero-order chi connectivity index (χ0) is 38.8. The monoisotopic (exact) mass is 791 g/mol. The second-order valence-electron chi connectivity index (χ2n) is 14.5. The van der Waals surface area contributed by atoms with Crippen molar-refractivity contribution in [3.05, 3.63) is 155 Å². The molecule has 1 amide bonds. The van der Waals surface area contributed by atoms with Crippen LogP contribution < -0.4 is 10.0 Å². The van der Waals surface area contributed by atoms with E-state index < -0.39 is 15.9 Å². The Morgan fingerprint density at radius 1 is 0.873 bits per heavy atom. The molecule has 2 atom stereocenters. The number of thioether (sulfide) groups is 1. The molecule has 9 heteroatoms. The van der Waals surface area contributed by atoms with Crippen LogP contribution in [0.4, 0.5) is 5.69 Å². The number of sulfonamides is 1. The molecule has 0 saturated heterocycles. The third-order valence-corrected chi connectivity index (χ3v) is 12.9. The lowest BCUT2D eigenvalue weighted by atomic mass is 9.82. The van der Waals surface area contributed by atoms with E-state index in [2.05, 4.69) is 83.6 Å². The number of hydrogen-bond acceptors (Lipinski definition) is 6. The zero-order valence-corrected chi connectivity index (χ0v) is 34.2. The molecule has 0 aliphatic heterocycles. The number of nitrogens with zero attached hydrogens (tertiary/aromatic N) is 1. The fourth-order valence-corrected chi connectivity index (χ4v) is 9.19. The molecule has 1 aliphatic rings. The Morgan fingerprint density at radius 2 is 1.58 bits per heavy atom. The number of halogens is 1. The maximum absolute atomic E-state index is 13.5. The van der Waals surface area contributed by atoms with Crippen molar-refractivity contribution in [1.82, 2.24) is 9.62 Å². The van der Waals surface area contributed by atoms with E-state index in [-0.39, 0.29) is 10.9 Å². The van der Waals surface area contributed by atoms with Gasteiger partial charge in [-0.3, -0.25) is 4.79 Å². The minimum atomic E-state index is -4.09. The Labute approximate surface area is 336 Å². The molecular weight excluding hydrogens is 742 g/mol. The van der Waals surface area contributed by atoms with Crippen molar-refractivity contribution in [1.29, 1.82) is 0 Å². The molecule has 5 aromatic rings. The molecule has 0 spiro atoms. The minimum absolute atomic E-state index is 0.0704. The zero-order valence-electron chi connectivity index (χ0n) is 31.8. The van der Waals surface area contributed by atoms with Crippen molar-refractivity contribution >= 4 is 50.6 Å². The van der Waals surface area contributed by atoms with Crippen LogP contribution in [0.2, 0.25) is 5.02 Å². The van der Waals surface area contributed by atoms with Crippen LogP contribution >= 0.6 is 23.4 Å². The number of hydrogen-bond donors (Lipinski definition) is 2. The van der Waals surface area contributed by atoms with Crippen LogP contribution in [0.15, 0.2) is 137 Å². The fourth-order valence-electron chi connectivity index (χ4n) is 7.05. The summed E-state index contributed by atoms with van der Waals surface area (Å²) < 4.78 is 29.2. The third-order valence-electron chi connectivity index (χ3n) is 10.2. The number of amides is 1. The quantitative estimate of drug-likeness (QED) is 0.0969. The summed E-state index contributed by atoms with van der Waals surface area (Å²) in [5.74, 6) is 0.758. The average Bonchev–Trinajstić information content (AvgIpc) is 3.20. The van der Waals surface area contributed by atoms with Gasteiger partial charge in [0.1, 0.15) is 0 Å². The number of anilines is 1. The van der Waals surface area contributed by atoms with Crippen LogP contribution in [0.25, 0.3) is 16.7 Å². The van der Waals surface area contributed by atoms with Crippen LogP contribution in [0.3, 0.4) is 0 Å². The summed E-state index contributed by atoms with van der Waals surface area (Å²) in [5.41, 5.74) is 8.17. The van der Waals surface area contributed by atoms with Crippen LogP contribution in [0.5, 0.6) is 0 Å². The number of nitrogens with one attached hydrogen (secondary N) is 2. The van der Waals surface area contributed by atoms with Gasteiger partial charge in [-0.05, 0) is 153 Å². The van der Waals surface area contributed by atoms with Crippen LogP contribution in [0.1, 0.15) is 59.7 Å². The van der Waals surface area contributed by atoms with Crippen molar-refractivity contribution < 1.29 is 13.2 Å². The Bertz CT molecular complexity index is 2190. The second kappa shape index (κ2) is 19.0. The Morgan fingerprint density at radius 3 is 2.27 bits per heavy atom.